The molecule has 23 heavy (non-hydrogen) atoms. The van der Waals surface area contributed by atoms with Gasteiger partial charge in [-0.3, -0.25) is 4.79 Å². The van der Waals surface area contributed by atoms with E-state index in [-0.39, 0.29) is 17.6 Å². The molecule has 1 aliphatic rings. The van der Waals surface area contributed by atoms with Crippen molar-refractivity contribution in [3.05, 3.63) is 35.6 Å². The molecule has 1 unspecified atom stereocenters. The van der Waals surface area contributed by atoms with Crippen molar-refractivity contribution in [1.29, 1.82) is 0 Å². The summed E-state index contributed by atoms with van der Waals surface area (Å²) in [5.41, 5.74) is 0.948. The van der Waals surface area contributed by atoms with Crippen molar-refractivity contribution < 1.29 is 9.18 Å². The van der Waals surface area contributed by atoms with Gasteiger partial charge in [-0.05, 0) is 43.0 Å². The van der Waals surface area contributed by atoms with Crippen LogP contribution in [-0.4, -0.2) is 50.1 Å². The van der Waals surface area contributed by atoms with Gasteiger partial charge in [0.25, 0.3) is 0 Å². The second-order valence-electron chi connectivity index (χ2n) is 6.44. The van der Waals surface area contributed by atoms with Gasteiger partial charge in [-0.1, -0.05) is 19.1 Å². The molecule has 0 bridgehead atoms. The van der Waals surface area contributed by atoms with Crippen molar-refractivity contribution in [2.75, 3.05) is 39.3 Å². The van der Waals surface area contributed by atoms with Crippen molar-refractivity contribution in [2.24, 2.45) is 5.92 Å². The Kier molecular flexibility index (Phi) is 7.49. The molecule has 128 valence electrons. The van der Waals surface area contributed by atoms with Gasteiger partial charge in [0.05, 0.1) is 0 Å². The van der Waals surface area contributed by atoms with Crippen LogP contribution < -0.4 is 10.6 Å². The maximum atomic E-state index is 13.2. The maximum absolute atomic E-state index is 13.2. The number of hydrogen-bond donors (Lipinski definition) is 2. The summed E-state index contributed by atoms with van der Waals surface area (Å²) >= 11 is 0. The van der Waals surface area contributed by atoms with Gasteiger partial charge in [-0.2, -0.15) is 0 Å². The first-order valence-corrected chi connectivity index (χ1v) is 8.57. The molecule has 1 saturated heterocycles. The Morgan fingerprint density at radius 1 is 1.39 bits per heavy atom. The van der Waals surface area contributed by atoms with Gasteiger partial charge >= 0.3 is 0 Å². The molecule has 0 spiro atoms. The minimum atomic E-state index is -0.216. The lowest BCUT2D eigenvalue weighted by molar-refractivity contribution is -0.121. The average Bonchev–Trinajstić information content (AvgIpc) is 2.52. The first-order chi connectivity index (χ1) is 11.1. The minimum absolute atomic E-state index is 0.0919. The van der Waals surface area contributed by atoms with E-state index in [1.165, 1.54) is 6.07 Å². The van der Waals surface area contributed by atoms with Crippen molar-refractivity contribution in [3.63, 3.8) is 0 Å². The van der Waals surface area contributed by atoms with E-state index in [4.69, 9.17) is 0 Å². The van der Waals surface area contributed by atoms with Gasteiger partial charge in [-0.25, -0.2) is 4.39 Å². The molecule has 0 aliphatic carbocycles. The summed E-state index contributed by atoms with van der Waals surface area (Å²) < 4.78 is 13.2. The van der Waals surface area contributed by atoms with E-state index in [1.807, 2.05) is 13.0 Å². The molecule has 0 saturated carbocycles. The zero-order chi connectivity index (χ0) is 16.5. The normalized spacial score (nSPS) is 17.0. The molecule has 5 heteroatoms. The van der Waals surface area contributed by atoms with E-state index < -0.39 is 0 Å². The number of nitrogens with zero attached hydrogens (tertiary/aromatic N) is 1. The van der Waals surface area contributed by atoms with Crippen molar-refractivity contribution in [1.82, 2.24) is 15.5 Å². The maximum Gasteiger partial charge on any atom is 0.220 e. The van der Waals surface area contributed by atoms with E-state index in [9.17, 15) is 9.18 Å². The molecule has 1 heterocycles. The van der Waals surface area contributed by atoms with Gasteiger partial charge in [0.2, 0.25) is 5.91 Å². The second-order valence-corrected chi connectivity index (χ2v) is 6.44. The first kappa shape index (κ1) is 17.9. The second kappa shape index (κ2) is 9.63. The number of piperazine rings is 1. The lowest BCUT2D eigenvalue weighted by Crippen LogP contribution is -2.44. The average molecular weight is 321 g/mol. The Morgan fingerprint density at radius 2 is 2.17 bits per heavy atom. The predicted molar refractivity (Wildman–Crippen MR) is 90.8 cm³/mol. The van der Waals surface area contributed by atoms with Gasteiger partial charge in [-0.15, -0.1) is 0 Å². The minimum Gasteiger partial charge on any atom is -0.356 e. The van der Waals surface area contributed by atoms with Gasteiger partial charge in [0, 0.05) is 39.1 Å². The molecule has 1 aliphatic heterocycles. The summed E-state index contributed by atoms with van der Waals surface area (Å²) in [5, 5.41) is 6.33. The van der Waals surface area contributed by atoms with E-state index in [1.54, 1.807) is 12.1 Å². The number of amides is 1. The van der Waals surface area contributed by atoms with Crippen molar-refractivity contribution in [2.45, 2.75) is 26.2 Å². The zero-order valence-electron chi connectivity index (χ0n) is 14.0. The van der Waals surface area contributed by atoms with Gasteiger partial charge < -0.3 is 15.5 Å². The Morgan fingerprint density at radius 3 is 2.91 bits per heavy atom. The Bertz CT molecular complexity index is 489. The standard InChI is InChI=1S/C18H28FN3O/c1-15(12-16-4-2-5-17(19)14-16)13-18(23)21-6-3-9-22-10-7-20-8-11-22/h2,4-5,14-15,20H,3,6-13H2,1H3,(H,21,23). The first-order valence-electron chi connectivity index (χ1n) is 8.57. The Labute approximate surface area is 138 Å². The van der Waals surface area contributed by atoms with Crippen LogP contribution in [0.15, 0.2) is 24.3 Å². The quantitative estimate of drug-likeness (QED) is 0.718. The van der Waals surface area contributed by atoms with Crippen molar-refractivity contribution >= 4 is 5.91 Å². The number of benzene rings is 1. The number of halogens is 1. The molecular weight excluding hydrogens is 293 g/mol. The third-order valence-electron chi connectivity index (χ3n) is 4.19. The van der Waals surface area contributed by atoms with Crippen LogP contribution in [0, 0.1) is 11.7 Å². The topological polar surface area (TPSA) is 44.4 Å². The third kappa shape index (κ3) is 7.10. The fourth-order valence-corrected chi connectivity index (χ4v) is 2.99. The van der Waals surface area contributed by atoms with Crippen LogP contribution in [0.1, 0.15) is 25.3 Å². The van der Waals surface area contributed by atoms with Crippen LogP contribution >= 0.6 is 0 Å². The molecule has 1 fully saturated rings. The number of hydrogen-bond acceptors (Lipinski definition) is 3. The van der Waals surface area contributed by atoms with Gasteiger partial charge in [0.15, 0.2) is 0 Å². The molecule has 1 amide bonds. The zero-order valence-corrected chi connectivity index (χ0v) is 14.0. The van der Waals surface area contributed by atoms with E-state index >= 15 is 0 Å². The highest BCUT2D eigenvalue weighted by molar-refractivity contribution is 5.76. The fraction of sp³-hybridized carbons (Fsp3) is 0.611. The predicted octanol–water partition coefficient (Wildman–Crippen LogP) is 1.81. The molecule has 0 radical (unpaired) electrons. The van der Waals surface area contributed by atoms with E-state index in [0.717, 1.165) is 57.7 Å². The molecule has 1 aromatic rings. The Hall–Kier alpha value is -1.46. The fourth-order valence-electron chi connectivity index (χ4n) is 2.99. The van der Waals surface area contributed by atoms with Crippen LogP contribution in [0.5, 0.6) is 0 Å². The van der Waals surface area contributed by atoms with Crippen LogP contribution in [-0.2, 0) is 11.2 Å². The molecule has 2 rings (SSSR count). The summed E-state index contributed by atoms with van der Waals surface area (Å²) in [6, 6.07) is 6.61. The summed E-state index contributed by atoms with van der Waals surface area (Å²) in [5.74, 6) is 0.0891. The highest BCUT2D eigenvalue weighted by Gasteiger charge is 2.11. The largest absolute Gasteiger partial charge is 0.356 e. The summed E-state index contributed by atoms with van der Waals surface area (Å²) in [6.45, 7) is 8.12. The smallest absolute Gasteiger partial charge is 0.220 e. The van der Waals surface area contributed by atoms with E-state index in [0.29, 0.717) is 6.42 Å². The molecule has 1 aromatic carbocycles. The molecule has 2 N–H and O–H groups in total. The summed E-state index contributed by atoms with van der Waals surface area (Å²) in [4.78, 5) is 14.4. The molecule has 1 atom stereocenters. The van der Waals surface area contributed by atoms with Gasteiger partial charge in [0.1, 0.15) is 5.82 Å². The lowest BCUT2D eigenvalue weighted by Gasteiger charge is -2.27. The molecular formula is C18H28FN3O. The van der Waals surface area contributed by atoms with Crippen LogP contribution in [0.4, 0.5) is 4.39 Å². The highest BCUT2D eigenvalue weighted by atomic mass is 19.1. The molecule has 0 aromatic heterocycles. The van der Waals surface area contributed by atoms with Crippen molar-refractivity contribution in [3.8, 4) is 0 Å². The van der Waals surface area contributed by atoms with Crippen LogP contribution in [0.3, 0.4) is 0 Å². The molecule has 4 nitrogen and oxygen atoms in total. The number of rotatable bonds is 8. The SMILES string of the molecule is CC(CC(=O)NCCCN1CCNCC1)Cc1cccc(F)c1. The monoisotopic (exact) mass is 321 g/mol. The lowest BCUT2D eigenvalue weighted by atomic mass is 9.98. The number of nitrogens with one attached hydrogen (secondary N) is 2. The summed E-state index contributed by atoms with van der Waals surface area (Å²) in [7, 11) is 0. The highest BCUT2D eigenvalue weighted by Crippen LogP contribution is 2.13. The number of carbonyl (C=O) groups is 1. The van der Waals surface area contributed by atoms with Crippen LogP contribution in [0.25, 0.3) is 0 Å². The Balaban J connectivity index is 1.58. The third-order valence-corrected chi connectivity index (χ3v) is 4.19. The summed E-state index contributed by atoms with van der Waals surface area (Å²) in [6.07, 6.45) is 2.21. The van der Waals surface area contributed by atoms with E-state index in [2.05, 4.69) is 15.5 Å². The van der Waals surface area contributed by atoms with Crippen LogP contribution in [0.2, 0.25) is 0 Å². The number of carbonyl (C=O) groups excluding carboxylic acids is 1.